The molecular formula is C11H15NO2. The van der Waals surface area contributed by atoms with Crippen LogP contribution in [-0.2, 0) is 6.42 Å². The fraction of sp³-hybridized carbons (Fsp3) is 0.455. The summed E-state index contributed by atoms with van der Waals surface area (Å²) >= 11 is 0. The number of methoxy groups -OCH3 is 1. The Labute approximate surface area is 84.0 Å². The van der Waals surface area contributed by atoms with Gasteiger partial charge < -0.3 is 14.8 Å². The molecule has 1 atom stereocenters. The zero-order valence-corrected chi connectivity index (χ0v) is 8.54. The first-order chi connectivity index (χ1) is 6.83. The van der Waals surface area contributed by atoms with Gasteiger partial charge in [0.05, 0.1) is 7.11 Å². The Kier molecular flexibility index (Phi) is 2.59. The largest absolute Gasteiger partial charge is 0.497 e. The number of rotatable bonds is 2. The third-order valence-corrected chi connectivity index (χ3v) is 2.59. The van der Waals surface area contributed by atoms with Crippen molar-refractivity contribution in [2.75, 3.05) is 20.8 Å². The normalized spacial score (nSPS) is 19.7. The first-order valence-corrected chi connectivity index (χ1v) is 4.80. The van der Waals surface area contributed by atoms with Crippen molar-refractivity contribution in [3.05, 3.63) is 23.8 Å². The molecule has 0 fully saturated rings. The zero-order valence-electron chi connectivity index (χ0n) is 8.54. The lowest BCUT2D eigenvalue weighted by atomic mass is 10.0. The fourth-order valence-corrected chi connectivity index (χ4v) is 1.66. The Balaban J connectivity index is 2.23. The molecule has 0 unspecified atom stereocenters. The Bertz CT molecular complexity index is 325. The SMILES string of the molecule is CN[C@@H]1COc2cc(OC)ccc2C1. The molecule has 0 saturated heterocycles. The molecule has 1 N–H and O–H groups in total. The molecule has 1 aliphatic rings. The second-order valence-electron chi connectivity index (χ2n) is 3.47. The van der Waals surface area contributed by atoms with Crippen LogP contribution in [0.3, 0.4) is 0 Å². The number of hydrogen-bond acceptors (Lipinski definition) is 3. The molecule has 0 aromatic heterocycles. The van der Waals surface area contributed by atoms with Gasteiger partial charge in [0.1, 0.15) is 18.1 Å². The molecule has 1 aliphatic heterocycles. The van der Waals surface area contributed by atoms with E-state index < -0.39 is 0 Å². The molecule has 0 spiro atoms. The van der Waals surface area contributed by atoms with Crippen molar-refractivity contribution in [2.45, 2.75) is 12.5 Å². The monoisotopic (exact) mass is 193 g/mol. The summed E-state index contributed by atoms with van der Waals surface area (Å²) in [5.74, 6) is 1.81. The summed E-state index contributed by atoms with van der Waals surface area (Å²) in [6, 6.07) is 6.41. The first kappa shape index (κ1) is 9.34. The van der Waals surface area contributed by atoms with Crippen molar-refractivity contribution in [3.63, 3.8) is 0 Å². The van der Waals surface area contributed by atoms with Crippen molar-refractivity contribution in [1.82, 2.24) is 5.32 Å². The van der Waals surface area contributed by atoms with Gasteiger partial charge >= 0.3 is 0 Å². The van der Waals surface area contributed by atoms with E-state index in [4.69, 9.17) is 9.47 Å². The van der Waals surface area contributed by atoms with Crippen LogP contribution in [0.4, 0.5) is 0 Å². The van der Waals surface area contributed by atoms with E-state index >= 15 is 0 Å². The highest BCUT2D eigenvalue weighted by Gasteiger charge is 2.18. The van der Waals surface area contributed by atoms with Crippen LogP contribution in [0.5, 0.6) is 11.5 Å². The second kappa shape index (κ2) is 3.88. The average molecular weight is 193 g/mol. The van der Waals surface area contributed by atoms with Gasteiger partial charge in [0.25, 0.3) is 0 Å². The van der Waals surface area contributed by atoms with Crippen LogP contribution in [0.1, 0.15) is 5.56 Å². The Morgan fingerprint density at radius 1 is 1.50 bits per heavy atom. The molecule has 3 heteroatoms. The lowest BCUT2D eigenvalue weighted by Crippen LogP contribution is -2.36. The average Bonchev–Trinajstić information content (AvgIpc) is 2.27. The van der Waals surface area contributed by atoms with Crippen LogP contribution in [0.25, 0.3) is 0 Å². The Morgan fingerprint density at radius 2 is 2.36 bits per heavy atom. The molecule has 0 aliphatic carbocycles. The van der Waals surface area contributed by atoms with Gasteiger partial charge in [-0.1, -0.05) is 6.07 Å². The van der Waals surface area contributed by atoms with Gasteiger partial charge in [-0.2, -0.15) is 0 Å². The highest BCUT2D eigenvalue weighted by molar-refractivity contribution is 5.42. The summed E-state index contributed by atoms with van der Waals surface area (Å²) in [6.45, 7) is 0.733. The zero-order chi connectivity index (χ0) is 9.97. The lowest BCUT2D eigenvalue weighted by molar-refractivity contribution is 0.244. The quantitative estimate of drug-likeness (QED) is 0.766. The van der Waals surface area contributed by atoms with Gasteiger partial charge in [0, 0.05) is 12.1 Å². The number of ether oxygens (including phenoxy) is 2. The highest BCUT2D eigenvalue weighted by Crippen LogP contribution is 2.28. The predicted octanol–water partition coefficient (Wildman–Crippen LogP) is 1.22. The van der Waals surface area contributed by atoms with E-state index in [0.717, 1.165) is 24.5 Å². The minimum atomic E-state index is 0.427. The summed E-state index contributed by atoms with van der Waals surface area (Å²) in [7, 11) is 3.63. The highest BCUT2D eigenvalue weighted by atomic mass is 16.5. The van der Waals surface area contributed by atoms with Crippen LogP contribution in [-0.4, -0.2) is 26.8 Å². The molecule has 0 saturated carbocycles. The maximum atomic E-state index is 5.63. The van der Waals surface area contributed by atoms with Crippen molar-refractivity contribution in [2.24, 2.45) is 0 Å². The molecule has 0 amide bonds. The van der Waals surface area contributed by atoms with E-state index in [-0.39, 0.29) is 0 Å². The Hall–Kier alpha value is -1.22. The topological polar surface area (TPSA) is 30.5 Å². The third-order valence-electron chi connectivity index (χ3n) is 2.59. The van der Waals surface area contributed by atoms with E-state index in [2.05, 4.69) is 11.4 Å². The van der Waals surface area contributed by atoms with Crippen molar-refractivity contribution in [3.8, 4) is 11.5 Å². The molecular weight excluding hydrogens is 178 g/mol. The van der Waals surface area contributed by atoms with E-state index in [0.29, 0.717) is 6.04 Å². The fourth-order valence-electron chi connectivity index (χ4n) is 1.66. The first-order valence-electron chi connectivity index (χ1n) is 4.80. The van der Waals surface area contributed by atoms with Gasteiger partial charge in [-0.05, 0) is 25.1 Å². The molecule has 0 radical (unpaired) electrons. The van der Waals surface area contributed by atoms with Crippen LogP contribution >= 0.6 is 0 Å². The van der Waals surface area contributed by atoms with E-state index in [1.165, 1.54) is 5.56 Å². The number of nitrogens with one attached hydrogen (secondary N) is 1. The Morgan fingerprint density at radius 3 is 3.07 bits per heavy atom. The molecule has 0 bridgehead atoms. The van der Waals surface area contributed by atoms with E-state index in [9.17, 15) is 0 Å². The van der Waals surface area contributed by atoms with Gasteiger partial charge in [-0.25, -0.2) is 0 Å². The molecule has 2 rings (SSSR count). The van der Waals surface area contributed by atoms with Crippen LogP contribution in [0.15, 0.2) is 18.2 Å². The van der Waals surface area contributed by atoms with E-state index in [1.54, 1.807) is 7.11 Å². The minimum absolute atomic E-state index is 0.427. The molecule has 1 aromatic rings. The number of likely N-dealkylation sites (N-methyl/N-ethyl adjacent to an activating group) is 1. The molecule has 14 heavy (non-hydrogen) atoms. The second-order valence-corrected chi connectivity index (χ2v) is 3.47. The summed E-state index contributed by atoms with van der Waals surface area (Å²) < 4.78 is 10.8. The number of fused-ring (bicyclic) bond motifs is 1. The van der Waals surface area contributed by atoms with E-state index in [1.807, 2.05) is 19.2 Å². The molecule has 1 aromatic carbocycles. The third kappa shape index (κ3) is 1.68. The smallest absolute Gasteiger partial charge is 0.126 e. The number of benzene rings is 1. The predicted molar refractivity (Wildman–Crippen MR) is 55.0 cm³/mol. The molecule has 76 valence electrons. The van der Waals surface area contributed by atoms with Gasteiger partial charge in [-0.3, -0.25) is 0 Å². The van der Waals surface area contributed by atoms with Crippen molar-refractivity contribution < 1.29 is 9.47 Å². The van der Waals surface area contributed by atoms with Gasteiger partial charge in [0.2, 0.25) is 0 Å². The standard InChI is InChI=1S/C11H15NO2/c1-12-9-5-8-3-4-10(13-2)6-11(8)14-7-9/h3-4,6,9,12H,5,7H2,1-2H3/t9-/m0/s1. The lowest BCUT2D eigenvalue weighted by Gasteiger charge is -2.25. The summed E-state index contributed by atoms with van der Waals surface area (Å²) in [5.41, 5.74) is 1.25. The summed E-state index contributed by atoms with van der Waals surface area (Å²) in [6.07, 6.45) is 1.02. The van der Waals surface area contributed by atoms with Crippen LogP contribution < -0.4 is 14.8 Å². The molecule has 1 heterocycles. The van der Waals surface area contributed by atoms with Crippen LogP contribution in [0, 0.1) is 0 Å². The van der Waals surface area contributed by atoms with Crippen molar-refractivity contribution in [1.29, 1.82) is 0 Å². The van der Waals surface area contributed by atoms with Gasteiger partial charge in [-0.15, -0.1) is 0 Å². The van der Waals surface area contributed by atoms with Crippen molar-refractivity contribution >= 4 is 0 Å². The summed E-state index contributed by atoms with van der Waals surface area (Å²) in [4.78, 5) is 0. The molecule has 3 nitrogen and oxygen atoms in total. The maximum Gasteiger partial charge on any atom is 0.126 e. The maximum absolute atomic E-state index is 5.63. The van der Waals surface area contributed by atoms with Gasteiger partial charge in [0.15, 0.2) is 0 Å². The summed E-state index contributed by atoms with van der Waals surface area (Å²) in [5, 5.41) is 3.22. The minimum Gasteiger partial charge on any atom is -0.497 e. The van der Waals surface area contributed by atoms with Crippen LogP contribution in [0.2, 0.25) is 0 Å². The number of hydrogen-bond donors (Lipinski definition) is 1.